The molecule has 0 saturated carbocycles. The molecule has 82 valence electrons. The molecule has 16 heavy (non-hydrogen) atoms. The van der Waals surface area contributed by atoms with Gasteiger partial charge in [-0.2, -0.15) is 0 Å². The molecular formula is C13H13NO2. The predicted molar refractivity (Wildman–Crippen MR) is 64.2 cm³/mol. The monoisotopic (exact) mass is 215 g/mol. The van der Waals surface area contributed by atoms with E-state index in [-0.39, 0.29) is 17.4 Å². The smallest absolute Gasteiger partial charge is 0.210 e. The van der Waals surface area contributed by atoms with E-state index in [2.05, 4.69) is 0 Å². The third-order valence-corrected chi connectivity index (χ3v) is 2.77. The fraction of sp³-hybridized carbons (Fsp3) is 0.231. The summed E-state index contributed by atoms with van der Waals surface area (Å²) in [5.74, 6) is -0.0420. The zero-order valence-corrected chi connectivity index (χ0v) is 9.09. The van der Waals surface area contributed by atoms with Crippen LogP contribution in [0.4, 0.5) is 0 Å². The first kappa shape index (κ1) is 10.6. The van der Waals surface area contributed by atoms with Crippen molar-refractivity contribution < 1.29 is 4.92 Å². The molecule has 0 N–H and O–H groups in total. The molecule has 0 aliphatic rings. The maximum atomic E-state index is 10.5. The van der Waals surface area contributed by atoms with Crippen molar-refractivity contribution in [3.63, 3.8) is 0 Å². The van der Waals surface area contributed by atoms with Crippen LogP contribution in [0.15, 0.2) is 42.5 Å². The van der Waals surface area contributed by atoms with E-state index in [1.165, 1.54) is 5.39 Å². The minimum Gasteiger partial charge on any atom is -0.265 e. The molecule has 0 radical (unpaired) electrons. The van der Waals surface area contributed by atoms with E-state index in [0.717, 1.165) is 10.9 Å². The van der Waals surface area contributed by atoms with Crippen LogP contribution in [0.1, 0.15) is 18.4 Å². The van der Waals surface area contributed by atoms with Gasteiger partial charge < -0.3 is 0 Å². The Balaban J connectivity index is 2.35. The highest BCUT2D eigenvalue weighted by atomic mass is 16.6. The van der Waals surface area contributed by atoms with Gasteiger partial charge in [-0.15, -0.1) is 0 Å². The van der Waals surface area contributed by atoms with E-state index >= 15 is 0 Å². The lowest BCUT2D eigenvalue weighted by atomic mass is 9.98. The molecule has 1 atom stereocenters. The lowest BCUT2D eigenvalue weighted by molar-refractivity contribution is -0.482. The van der Waals surface area contributed by atoms with Crippen LogP contribution in [0.2, 0.25) is 0 Å². The van der Waals surface area contributed by atoms with Crippen molar-refractivity contribution in [3.05, 3.63) is 58.1 Å². The van der Waals surface area contributed by atoms with Gasteiger partial charge in [-0.3, -0.25) is 10.1 Å². The second kappa shape index (κ2) is 4.31. The van der Waals surface area contributed by atoms with Gasteiger partial charge in [-0.25, -0.2) is 0 Å². The van der Waals surface area contributed by atoms with E-state index < -0.39 is 0 Å². The van der Waals surface area contributed by atoms with Crippen molar-refractivity contribution >= 4 is 10.8 Å². The van der Waals surface area contributed by atoms with Crippen LogP contribution < -0.4 is 0 Å². The zero-order chi connectivity index (χ0) is 11.5. The summed E-state index contributed by atoms with van der Waals surface area (Å²) in [6, 6.07) is 14.0. The van der Waals surface area contributed by atoms with Gasteiger partial charge in [0.15, 0.2) is 0 Å². The van der Waals surface area contributed by atoms with Crippen LogP contribution in [-0.2, 0) is 0 Å². The summed E-state index contributed by atoms with van der Waals surface area (Å²) in [6.07, 6.45) is 0. The summed E-state index contributed by atoms with van der Waals surface area (Å²) in [4.78, 5) is 10.2. The number of fused-ring (bicyclic) bond motifs is 1. The van der Waals surface area contributed by atoms with E-state index in [1.807, 2.05) is 49.4 Å². The molecule has 0 fully saturated rings. The van der Waals surface area contributed by atoms with Gasteiger partial charge in [0.05, 0.1) is 0 Å². The van der Waals surface area contributed by atoms with Crippen molar-refractivity contribution in [1.29, 1.82) is 0 Å². The van der Waals surface area contributed by atoms with Gasteiger partial charge in [0.1, 0.15) is 0 Å². The van der Waals surface area contributed by atoms with Crippen LogP contribution in [0.5, 0.6) is 0 Å². The number of benzene rings is 2. The molecule has 0 aliphatic carbocycles. The average Bonchev–Trinajstić information content (AvgIpc) is 2.27. The number of rotatable bonds is 3. The topological polar surface area (TPSA) is 43.1 Å². The van der Waals surface area contributed by atoms with Crippen LogP contribution in [-0.4, -0.2) is 11.5 Å². The number of nitrogens with zero attached hydrogens (tertiary/aromatic N) is 1. The second-order valence-electron chi connectivity index (χ2n) is 4.02. The summed E-state index contributed by atoms with van der Waals surface area (Å²) in [5.41, 5.74) is 1.02. The predicted octanol–water partition coefficient (Wildman–Crippen LogP) is 3.22. The zero-order valence-electron chi connectivity index (χ0n) is 9.09. The average molecular weight is 215 g/mol. The second-order valence-corrected chi connectivity index (χ2v) is 4.02. The standard InChI is InChI=1S/C13H13NO2/c1-10(9-14(15)16)12-7-6-11-4-2-3-5-13(11)8-12/h2-8,10H,9H2,1H3. The molecule has 0 amide bonds. The lowest BCUT2D eigenvalue weighted by Gasteiger charge is -2.08. The summed E-state index contributed by atoms with van der Waals surface area (Å²) in [5, 5.41) is 12.8. The maximum absolute atomic E-state index is 10.5. The Labute approximate surface area is 93.9 Å². The molecule has 1 unspecified atom stereocenters. The van der Waals surface area contributed by atoms with E-state index in [4.69, 9.17) is 0 Å². The normalized spacial score (nSPS) is 12.6. The highest BCUT2D eigenvalue weighted by molar-refractivity contribution is 5.83. The molecule has 2 aromatic carbocycles. The fourth-order valence-electron chi connectivity index (χ4n) is 1.84. The highest BCUT2D eigenvalue weighted by Gasteiger charge is 2.11. The maximum Gasteiger partial charge on any atom is 0.210 e. The fourth-order valence-corrected chi connectivity index (χ4v) is 1.84. The first-order chi connectivity index (χ1) is 7.66. The number of hydrogen-bond donors (Lipinski definition) is 0. The first-order valence-electron chi connectivity index (χ1n) is 5.27. The van der Waals surface area contributed by atoms with Gasteiger partial charge in [-0.1, -0.05) is 49.4 Å². The molecule has 0 saturated heterocycles. The van der Waals surface area contributed by atoms with Gasteiger partial charge >= 0.3 is 0 Å². The molecule has 0 heterocycles. The molecule has 0 aliphatic heterocycles. The van der Waals surface area contributed by atoms with Crippen molar-refractivity contribution in [3.8, 4) is 0 Å². The molecule has 3 heteroatoms. The Morgan fingerprint density at radius 2 is 1.88 bits per heavy atom. The Kier molecular flexibility index (Phi) is 2.86. The van der Waals surface area contributed by atoms with Gasteiger partial charge in [0, 0.05) is 10.8 Å². The molecule has 0 spiro atoms. The Bertz CT molecular complexity index is 522. The molecule has 3 nitrogen and oxygen atoms in total. The number of hydrogen-bond acceptors (Lipinski definition) is 2. The minimum atomic E-state index is -0.264. The van der Waals surface area contributed by atoms with Crippen molar-refractivity contribution in [1.82, 2.24) is 0 Å². The van der Waals surface area contributed by atoms with E-state index in [0.29, 0.717) is 0 Å². The van der Waals surface area contributed by atoms with Crippen molar-refractivity contribution in [2.45, 2.75) is 12.8 Å². The summed E-state index contributed by atoms with van der Waals surface area (Å²) in [6.45, 7) is 1.87. The van der Waals surface area contributed by atoms with Crippen LogP contribution in [0.25, 0.3) is 10.8 Å². The summed E-state index contributed by atoms with van der Waals surface area (Å²) < 4.78 is 0. The third kappa shape index (κ3) is 2.19. The van der Waals surface area contributed by atoms with Gasteiger partial charge in [0.25, 0.3) is 0 Å². The molecular weight excluding hydrogens is 202 g/mol. The SMILES string of the molecule is CC(C[N+](=O)[O-])c1ccc2ccccc2c1. The lowest BCUT2D eigenvalue weighted by Crippen LogP contribution is -2.09. The Hall–Kier alpha value is -1.90. The summed E-state index contributed by atoms with van der Waals surface area (Å²) >= 11 is 0. The van der Waals surface area contributed by atoms with Crippen LogP contribution in [0, 0.1) is 10.1 Å². The van der Waals surface area contributed by atoms with Gasteiger partial charge in [-0.05, 0) is 16.3 Å². The van der Waals surface area contributed by atoms with Crippen LogP contribution >= 0.6 is 0 Å². The Morgan fingerprint density at radius 3 is 2.56 bits per heavy atom. The van der Waals surface area contributed by atoms with Crippen LogP contribution in [0.3, 0.4) is 0 Å². The Morgan fingerprint density at radius 1 is 1.19 bits per heavy atom. The minimum absolute atomic E-state index is 0.0155. The molecule has 0 aromatic heterocycles. The third-order valence-electron chi connectivity index (χ3n) is 2.77. The van der Waals surface area contributed by atoms with Crippen molar-refractivity contribution in [2.24, 2.45) is 0 Å². The molecule has 0 bridgehead atoms. The first-order valence-corrected chi connectivity index (χ1v) is 5.27. The van der Waals surface area contributed by atoms with E-state index in [9.17, 15) is 10.1 Å². The largest absolute Gasteiger partial charge is 0.265 e. The molecule has 2 aromatic rings. The quantitative estimate of drug-likeness (QED) is 0.582. The van der Waals surface area contributed by atoms with E-state index in [1.54, 1.807) is 0 Å². The molecule has 2 rings (SSSR count). The van der Waals surface area contributed by atoms with Crippen molar-refractivity contribution in [2.75, 3.05) is 6.54 Å². The number of nitro groups is 1. The highest BCUT2D eigenvalue weighted by Crippen LogP contribution is 2.21. The van der Waals surface area contributed by atoms with Gasteiger partial charge in [0.2, 0.25) is 6.54 Å². The summed E-state index contributed by atoms with van der Waals surface area (Å²) in [7, 11) is 0.